The number of benzene rings is 3. The summed E-state index contributed by atoms with van der Waals surface area (Å²) in [7, 11) is -4.01. The number of carbonyl (C=O) groups excluding carboxylic acids is 2. The number of sulfonamides is 1. The molecule has 0 saturated heterocycles. The van der Waals surface area contributed by atoms with Crippen molar-refractivity contribution in [2.45, 2.75) is 45.4 Å². The summed E-state index contributed by atoms with van der Waals surface area (Å²) in [6.07, 6.45) is 1.72. The number of esters is 1. The Morgan fingerprint density at radius 3 is 2.17 bits per heavy atom. The molecule has 8 heteroatoms. The van der Waals surface area contributed by atoms with E-state index in [0.29, 0.717) is 23.5 Å². The largest absolute Gasteiger partial charge is 0.462 e. The molecule has 0 heterocycles. The third kappa shape index (κ3) is 6.73. The van der Waals surface area contributed by atoms with Gasteiger partial charge in [-0.3, -0.25) is 9.10 Å². The van der Waals surface area contributed by atoms with Crippen molar-refractivity contribution in [2.24, 2.45) is 0 Å². The van der Waals surface area contributed by atoms with Gasteiger partial charge in [-0.15, -0.1) is 0 Å². The van der Waals surface area contributed by atoms with E-state index in [9.17, 15) is 18.0 Å². The second-order valence-electron chi connectivity index (χ2n) is 8.71. The number of nitrogens with zero attached hydrogens (tertiary/aromatic N) is 1. The van der Waals surface area contributed by atoms with Crippen LogP contribution in [-0.2, 0) is 19.6 Å². The van der Waals surface area contributed by atoms with Gasteiger partial charge >= 0.3 is 5.97 Å². The predicted molar refractivity (Wildman–Crippen MR) is 142 cm³/mol. The molecular weight excluding hydrogens is 476 g/mol. The van der Waals surface area contributed by atoms with Crippen molar-refractivity contribution in [2.75, 3.05) is 22.8 Å². The lowest BCUT2D eigenvalue weighted by Crippen LogP contribution is -2.38. The van der Waals surface area contributed by atoms with Gasteiger partial charge in [0.05, 0.1) is 22.8 Å². The number of rotatable bonds is 10. The van der Waals surface area contributed by atoms with Crippen molar-refractivity contribution in [1.82, 2.24) is 0 Å². The van der Waals surface area contributed by atoms with Gasteiger partial charge in [-0.05, 0) is 86.8 Å². The van der Waals surface area contributed by atoms with E-state index in [2.05, 4.69) is 5.32 Å². The molecule has 0 aliphatic heterocycles. The van der Waals surface area contributed by atoms with E-state index in [1.165, 1.54) is 12.1 Å². The molecule has 0 saturated carbocycles. The lowest BCUT2D eigenvalue weighted by molar-refractivity contribution is -0.114. The fourth-order valence-corrected chi connectivity index (χ4v) is 4.86. The highest BCUT2D eigenvalue weighted by Crippen LogP contribution is 2.26. The number of ether oxygens (including phenoxy) is 1. The molecule has 0 bridgehead atoms. The third-order valence-electron chi connectivity index (χ3n) is 5.81. The second-order valence-corrected chi connectivity index (χ2v) is 10.6. The first-order chi connectivity index (χ1) is 17.1. The van der Waals surface area contributed by atoms with Crippen molar-refractivity contribution in [3.05, 3.63) is 89.0 Å². The Kier molecular flexibility index (Phi) is 8.88. The Hall–Kier alpha value is -3.65. The minimum atomic E-state index is -4.01. The summed E-state index contributed by atoms with van der Waals surface area (Å²) >= 11 is 0. The summed E-state index contributed by atoms with van der Waals surface area (Å²) in [5.74, 6) is -0.936. The number of anilines is 2. The summed E-state index contributed by atoms with van der Waals surface area (Å²) in [6, 6.07) is 18.1. The van der Waals surface area contributed by atoms with Crippen molar-refractivity contribution in [3.63, 3.8) is 0 Å². The number of unbranched alkanes of at least 4 members (excludes halogenated alkanes) is 1. The number of aryl methyl sites for hydroxylation is 3. The predicted octanol–water partition coefficient (Wildman–Crippen LogP) is 5.40. The fraction of sp³-hybridized carbons (Fsp3) is 0.286. The maximum Gasteiger partial charge on any atom is 0.338 e. The van der Waals surface area contributed by atoms with Crippen LogP contribution in [0.15, 0.2) is 71.6 Å². The Morgan fingerprint density at radius 2 is 1.56 bits per heavy atom. The Labute approximate surface area is 213 Å². The van der Waals surface area contributed by atoms with Crippen LogP contribution in [0.3, 0.4) is 0 Å². The van der Waals surface area contributed by atoms with Crippen LogP contribution in [0.2, 0.25) is 0 Å². The van der Waals surface area contributed by atoms with E-state index in [0.717, 1.165) is 33.8 Å². The third-order valence-corrected chi connectivity index (χ3v) is 7.60. The van der Waals surface area contributed by atoms with Crippen molar-refractivity contribution < 1.29 is 22.7 Å². The molecule has 0 aromatic heterocycles. The minimum absolute atomic E-state index is 0.102. The van der Waals surface area contributed by atoms with E-state index in [1.54, 1.807) is 48.5 Å². The maximum atomic E-state index is 13.6. The molecule has 0 fully saturated rings. The number of carbonyl (C=O) groups is 2. The number of nitrogens with one attached hydrogen (secondary N) is 1. The van der Waals surface area contributed by atoms with E-state index in [1.807, 2.05) is 33.8 Å². The van der Waals surface area contributed by atoms with E-state index < -0.39 is 28.4 Å². The molecule has 0 atom stereocenters. The van der Waals surface area contributed by atoms with Gasteiger partial charge in [-0.2, -0.15) is 0 Å². The van der Waals surface area contributed by atoms with Gasteiger partial charge in [-0.1, -0.05) is 37.1 Å². The molecule has 7 nitrogen and oxygen atoms in total. The molecule has 0 spiro atoms. The zero-order chi connectivity index (χ0) is 26.3. The molecule has 0 aliphatic carbocycles. The molecule has 0 aliphatic rings. The molecule has 0 unspecified atom stereocenters. The molecule has 1 amide bonds. The van der Waals surface area contributed by atoms with Crippen molar-refractivity contribution in [3.8, 4) is 0 Å². The van der Waals surface area contributed by atoms with Crippen LogP contribution in [0.4, 0.5) is 11.4 Å². The average molecular weight is 509 g/mol. The molecule has 0 radical (unpaired) electrons. The minimum Gasteiger partial charge on any atom is -0.462 e. The van der Waals surface area contributed by atoms with Crippen molar-refractivity contribution in [1.29, 1.82) is 0 Å². The second kappa shape index (κ2) is 11.9. The topological polar surface area (TPSA) is 92.8 Å². The van der Waals surface area contributed by atoms with E-state index in [-0.39, 0.29) is 4.90 Å². The normalized spacial score (nSPS) is 11.1. The summed E-state index contributed by atoms with van der Waals surface area (Å²) in [6.45, 7) is 7.66. The van der Waals surface area contributed by atoms with Crippen LogP contribution in [-0.4, -0.2) is 33.4 Å². The van der Waals surface area contributed by atoms with Gasteiger partial charge < -0.3 is 10.1 Å². The first-order valence-corrected chi connectivity index (χ1v) is 13.3. The van der Waals surface area contributed by atoms with Gasteiger partial charge in [-0.25, -0.2) is 13.2 Å². The Balaban J connectivity index is 1.81. The van der Waals surface area contributed by atoms with Crippen LogP contribution in [0, 0.1) is 20.8 Å². The van der Waals surface area contributed by atoms with Crippen LogP contribution in [0.5, 0.6) is 0 Å². The van der Waals surface area contributed by atoms with Crippen LogP contribution < -0.4 is 9.62 Å². The smallest absolute Gasteiger partial charge is 0.338 e. The lowest BCUT2D eigenvalue weighted by atomic mass is 10.1. The monoisotopic (exact) mass is 508 g/mol. The maximum absolute atomic E-state index is 13.6. The molecule has 3 rings (SSSR count). The molecule has 3 aromatic rings. The van der Waals surface area contributed by atoms with Gasteiger partial charge in [0.25, 0.3) is 10.0 Å². The highest BCUT2D eigenvalue weighted by Gasteiger charge is 2.27. The van der Waals surface area contributed by atoms with Gasteiger partial charge in [0, 0.05) is 5.69 Å². The summed E-state index contributed by atoms with van der Waals surface area (Å²) < 4.78 is 33.4. The summed E-state index contributed by atoms with van der Waals surface area (Å²) in [5.41, 5.74) is 4.09. The Bertz CT molecular complexity index is 1320. The fourth-order valence-electron chi connectivity index (χ4n) is 3.45. The zero-order valence-corrected chi connectivity index (χ0v) is 21.9. The number of hydrogen-bond donors (Lipinski definition) is 1. The SMILES string of the molecule is CCCCOC(=O)c1ccc(NC(=O)CN(c2ccc(C)c(C)c2)S(=O)(=O)c2ccc(C)cc2)cc1. The Morgan fingerprint density at radius 1 is 0.889 bits per heavy atom. The first kappa shape index (κ1) is 26.9. The highest BCUT2D eigenvalue weighted by atomic mass is 32.2. The average Bonchev–Trinajstić information content (AvgIpc) is 2.85. The number of hydrogen-bond acceptors (Lipinski definition) is 5. The molecule has 1 N–H and O–H groups in total. The molecule has 36 heavy (non-hydrogen) atoms. The van der Waals surface area contributed by atoms with Gasteiger partial charge in [0.15, 0.2) is 0 Å². The standard InChI is InChI=1S/C28H32N2O5S/c1-5-6-17-35-28(32)23-10-12-24(13-11-23)29-27(31)19-30(25-14-9-21(3)22(4)18-25)36(33,34)26-15-7-20(2)8-16-26/h7-16,18H,5-6,17,19H2,1-4H3,(H,29,31). The van der Waals surface area contributed by atoms with Gasteiger partial charge in [0.1, 0.15) is 6.54 Å². The van der Waals surface area contributed by atoms with E-state index >= 15 is 0 Å². The number of amides is 1. The molecule has 190 valence electrons. The summed E-state index contributed by atoms with van der Waals surface area (Å²) in [5, 5.41) is 2.72. The first-order valence-electron chi connectivity index (χ1n) is 11.9. The lowest BCUT2D eigenvalue weighted by Gasteiger charge is -2.25. The van der Waals surface area contributed by atoms with E-state index in [4.69, 9.17) is 4.74 Å². The van der Waals surface area contributed by atoms with Crippen LogP contribution in [0.25, 0.3) is 0 Å². The van der Waals surface area contributed by atoms with Crippen LogP contribution >= 0.6 is 0 Å². The quantitative estimate of drug-likeness (QED) is 0.292. The highest BCUT2D eigenvalue weighted by molar-refractivity contribution is 7.92. The zero-order valence-electron chi connectivity index (χ0n) is 21.1. The van der Waals surface area contributed by atoms with Crippen molar-refractivity contribution >= 4 is 33.3 Å². The summed E-state index contributed by atoms with van der Waals surface area (Å²) in [4.78, 5) is 25.2. The van der Waals surface area contributed by atoms with Crippen LogP contribution in [0.1, 0.15) is 46.8 Å². The molecular formula is C28H32N2O5S. The molecule has 3 aromatic carbocycles. The van der Waals surface area contributed by atoms with Gasteiger partial charge in [0.2, 0.25) is 5.91 Å².